The Hall–Kier alpha value is -1.42. The first-order valence-electron chi connectivity index (χ1n) is 6.20. The van der Waals surface area contributed by atoms with Crippen LogP contribution in [0.3, 0.4) is 0 Å². The molecule has 1 aromatic carbocycles. The maximum absolute atomic E-state index is 11.0. The molecule has 0 spiro atoms. The van der Waals surface area contributed by atoms with Crippen LogP contribution in [0.15, 0.2) is 12.1 Å². The summed E-state index contributed by atoms with van der Waals surface area (Å²) in [4.78, 5) is 11.0. The fourth-order valence-electron chi connectivity index (χ4n) is 2.39. The summed E-state index contributed by atoms with van der Waals surface area (Å²) in [5.74, 6) is 0.739. The normalized spacial score (nSPS) is 15.9. The summed E-state index contributed by atoms with van der Waals surface area (Å²) in [5.41, 5.74) is 0.859. The van der Waals surface area contributed by atoms with Gasteiger partial charge in [-0.25, -0.2) is 0 Å². The van der Waals surface area contributed by atoms with Gasteiger partial charge in [0, 0.05) is 12.0 Å². The van der Waals surface area contributed by atoms with Crippen molar-refractivity contribution < 1.29 is 19.4 Å². The van der Waals surface area contributed by atoms with Crippen molar-refractivity contribution in [1.82, 2.24) is 0 Å². The second kappa shape index (κ2) is 5.70. The van der Waals surface area contributed by atoms with E-state index in [1.807, 2.05) is 0 Å². The Kier molecular flexibility index (Phi) is 4.20. The molecule has 1 aromatic rings. The highest BCUT2D eigenvalue weighted by atomic mass is 35.5. The standard InChI is InChI=1S/C14H17ClO4/c1-18-12-7-13(19-2)11(15)5-10(12)9(6-14(16)17)8-3-4-8/h5,7-9H,3-4,6H2,1-2H3,(H,16,17). The Morgan fingerprint density at radius 1 is 1.37 bits per heavy atom. The van der Waals surface area contributed by atoms with Gasteiger partial charge >= 0.3 is 5.97 Å². The number of carbonyl (C=O) groups is 1. The molecular weight excluding hydrogens is 268 g/mol. The van der Waals surface area contributed by atoms with Crippen LogP contribution in [-0.2, 0) is 4.79 Å². The quantitative estimate of drug-likeness (QED) is 0.870. The zero-order chi connectivity index (χ0) is 14.0. The third kappa shape index (κ3) is 3.13. The van der Waals surface area contributed by atoms with Gasteiger partial charge in [-0.15, -0.1) is 0 Å². The lowest BCUT2D eigenvalue weighted by Crippen LogP contribution is -2.10. The molecule has 0 bridgehead atoms. The number of hydrogen-bond acceptors (Lipinski definition) is 3. The third-order valence-corrected chi connectivity index (χ3v) is 3.78. The van der Waals surface area contributed by atoms with E-state index >= 15 is 0 Å². The topological polar surface area (TPSA) is 55.8 Å². The third-order valence-electron chi connectivity index (χ3n) is 3.49. The molecule has 1 saturated carbocycles. The first kappa shape index (κ1) is 14.0. The number of ether oxygens (including phenoxy) is 2. The van der Waals surface area contributed by atoms with E-state index in [0.717, 1.165) is 18.4 Å². The molecule has 1 atom stereocenters. The predicted molar refractivity (Wildman–Crippen MR) is 72.3 cm³/mol. The van der Waals surface area contributed by atoms with Gasteiger partial charge in [0.1, 0.15) is 11.5 Å². The van der Waals surface area contributed by atoms with E-state index in [1.54, 1.807) is 19.2 Å². The molecule has 1 aliphatic rings. The average Bonchev–Trinajstić information content (AvgIpc) is 3.19. The summed E-state index contributed by atoms with van der Waals surface area (Å²) in [7, 11) is 3.10. The molecule has 0 amide bonds. The van der Waals surface area contributed by atoms with E-state index in [0.29, 0.717) is 22.4 Å². The summed E-state index contributed by atoms with van der Waals surface area (Å²) in [6.45, 7) is 0. The summed E-state index contributed by atoms with van der Waals surface area (Å²) < 4.78 is 10.5. The largest absolute Gasteiger partial charge is 0.496 e. The van der Waals surface area contributed by atoms with Crippen molar-refractivity contribution in [3.8, 4) is 11.5 Å². The number of aliphatic carboxylic acids is 1. The Balaban J connectivity index is 2.40. The molecule has 1 N–H and O–H groups in total. The fraction of sp³-hybridized carbons (Fsp3) is 0.500. The van der Waals surface area contributed by atoms with E-state index < -0.39 is 5.97 Å². The number of hydrogen-bond donors (Lipinski definition) is 1. The monoisotopic (exact) mass is 284 g/mol. The van der Waals surface area contributed by atoms with Gasteiger partial charge in [-0.05, 0) is 30.4 Å². The molecule has 0 aromatic heterocycles. The van der Waals surface area contributed by atoms with Gasteiger partial charge in [0.2, 0.25) is 0 Å². The Labute approximate surface area is 117 Å². The minimum Gasteiger partial charge on any atom is -0.496 e. The Bertz CT molecular complexity index is 483. The highest BCUT2D eigenvalue weighted by Crippen LogP contribution is 2.48. The van der Waals surface area contributed by atoms with Crippen LogP contribution in [0.25, 0.3) is 0 Å². The van der Waals surface area contributed by atoms with Gasteiger partial charge in [0.05, 0.1) is 25.7 Å². The van der Waals surface area contributed by atoms with Crippen LogP contribution < -0.4 is 9.47 Å². The Morgan fingerprint density at radius 2 is 2.00 bits per heavy atom. The fourth-order valence-corrected chi connectivity index (χ4v) is 2.64. The van der Waals surface area contributed by atoms with Gasteiger partial charge in [-0.2, -0.15) is 0 Å². The number of benzene rings is 1. The first-order valence-corrected chi connectivity index (χ1v) is 6.57. The van der Waals surface area contributed by atoms with E-state index in [1.165, 1.54) is 7.11 Å². The summed E-state index contributed by atoms with van der Waals surface area (Å²) in [6.07, 6.45) is 2.22. The zero-order valence-corrected chi connectivity index (χ0v) is 11.7. The molecule has 1 aliphatic carbocycles. The molecule has 19 heavy (non-hydrogen) atoms. The summed E-state index contributed by atoms with van der Waals surface area (Å²) in [5, 5.41) is 9.54. The lowest BCUT2D eigenvalue weighted by molar-refractivity contribution is -0.137. The molecule has 5 heteroatoms. The average molecular weight is 285 g/mol. The van der Waals surface area contributed by atoms with Crippen LogP contribution >= 0.6 is 11.6 Å². The lowest BCUT2D eigenvalue weighted by Gasteiger charge is -2.19. The van der Waals surface area contributed by atoms with Crippen LogP contribution in [0.5, 0.6) is 11.5 Å². The number of carboxylic acids is 1. The second-order valence-corrected chi connectivity index (χ2v) is 5.18. The highest BCUT2D eigenvalue weighted by molar-refractivity contribution is 6.32. The second-order valence-electron chi connectivity index (χ2n) is 4.77. The van der Waals surface area contributed by atoms with Crippen molar-refractivity contribution in [2.24, 2.45) is 5.92 Å². The highest BCUT2D eigenvalue weighted by Gasteiger charge is 2.35. The number of methoxy groups -OCH3 is 2. The molecule has 0 heterocycles. The van der Waals surface area contributed by atoms with Gasteiger partial charge in [-0.1, -0.05) is 11.6 Å². The van der Waals surface area contributed by atoms with Crippen LogP contribution in [0.4, 0.5) is 0 Å². The smallest absolute Gasteiger partial charge is 0.303 e. The Morgan fingerprint density at radius 3 is 2.47 bits per heavy atom. The molecule has 1 fully saturated rings. The van der Waals surface area contributed by atoms with Crippen LogP contribution in [0.1, 0.15) is 30.7 Å². The number of halogens is 1. The minimum atomic E-state index is -0.800. The van der Waals surface area contributed by atoms with E-state index in [4.69, 9.17) is 26.2 Å². The molecule has 1 unspecified atom stereocenters. The van der Waals surface area contributed by atoms with E-state index in [9.17, 15) is 4.79 Å². The van der Waals surface area contributed by atoms with Crippen molar-refractivity contribution in [2.45, 2.75) is 25.2 Å². The maximum atomic E-state index is 11.0. The van der Waals surface area contributed by atoms with Gasteiger partial charge in [-0.3, -0.25) is 4.79 Å². The lowest BCUT2D eigenvalue weighted by atomic mass is 9.90. The van der Waals surface area contributed by atoms with Crippen LogP contribution in [0, 0.1) is 5.92 Å². The number of carboxylic acid groups (broad SMARTS) is 1. The maximum Gasteiger partial charge on any atom is 0.303 e. The van der Waals surface area contributed by atoms with Gasteiger partial charge in [0.15, 0.2) is 0 Å². The van der Waals surface area contributed by atoms with Gasteiger partial charge in [0.25, 0.3) is 0 Å². The molecule has 104 valence electrons. The van der Waals surface area contributed by atoms with Crippen molar-refractivity contribution in [2.75, 3.05) is 14.2 Å². The summed E-state index contributed by atoms with van der Waals surface area (Å²) >= 11 is 6.14. The van der Waals surface area contributed by atoms with Crippen molar-refractivity contribution in [3.05, 3.63) is 22.7 Å². The molecule has 0 aliphatic heterocycles. The van der Waals surface area contributed by atoms with E-state index in [2.05, 4.69) is 0 Å². The van der Waals surface area contributed by atoms with Gasteiger partial charge < -0.3 is 14.6 Å². The molecule has 4 nitrogen and oxygen atoms in total. The minimum absolute atomic E-state index is 0.0455. The molecule has 2 rings (SSSR count). The molecule has 0 saturated heterocycles. The SMILES string of the molecule is COc1cc(OC)c(C(CC(=O)O)C2CC2)cc1Cl. The zero-order valence-electron chi connectivity index (χ0n) is 11.0. The molecular formula is C14H17ClO4. The van der Waals surface area contributed by atoms with Crippen LogP contribution in [0.2, 0.25) is 5.02 Å². The van der Waals surface area contributed by atoms with Crippen molar-refractivity contribution >= 4 is 17.6 Å². The van der Waals surface area contributed by atoms with Crippen molar-refractivity contribution in [1.29, 1.82) is 0 Å². The van der Waals surface area contributed by atoms with E-state index in [-0.39, 0.29) is 12.3 Å². The molecule has 0 radical (unpaired) electrons. The first-order chi connectivity index (χ1) is 9.06. The van der Waals surface area contributed by atoms with Crippen LogP contribution in [-0.4, -0.2) is 25.3 Å². The predicted octanol–water partition coefficient (Wildman–Crippen LogP) is 3.33. The van der Waals surface area contributed by atoms with Crippen molar-refractivity contribution in [3.63, 3.8) is 0 Å². The number of rotatable bonds is 6. The summed E-state index contributed by atoms with van der Waals surface area (Å²) in [6, 6.07) is 3.49.